The van der Waals surface area contributed by atoms with Gasteiger partial charge >= 0.3 is 5.97 Å². The molecule has 5 nitrogen and oxygen atoms in total. The van der Waals surface area contributed by atoms with Crippen LogP contribution >= 0.6 is 11.3 Å². The molecule has 1 amide bonds. The summed E-state index contributed by atoms with van der Waals surface area (Å²) in [4.78, 5) is 30.8. The monoisotopic (exact) mass is 380 g/mol. The van der Waals surface area contributed by atoms with Crippen LogP contribution in [0.25, 0.3) is 10.2 Å². The number of aromatic nitrogens is 1. The van der Waals surface area contributed by atoms with E-state index in [9.17, 15) is 9.59 Å². The third kappa shape index (κ3) is 4.17. The summed E-state index contributed by atoms with van der Waals surface area (Å²) >= 11 is 1.52. The van der Waals surface area contributed by atoms with Crippen molar-refractivity contribution in [3.63, 3.8) is 0 Å². The van der Waals surface area contributed by atoms with Crippen molar-refractivity contribution in [3.05, 3.63) is 65.2 Å². The van der Waals surface area contributed by atoms with Crippen LogP contribution in [0.1, 0.15) is 17.0 Å². The van der Waals surface area contributed by atoms with Gasteiger partial charge in [0, 0.05) is 19.5 Å². The van der Waals surface area contributed by atoms with Crippen LogP contribution in [0, 0.1) is 5.92 Å². The summed E-state index contributed by atoms with van der Waals surface area (Å²) in [5.74, 6) is -0.680. The molecule has 1 fully saturated rings. The molecule has 138 valence electrons. The second-order valence-corrected chi connectivity index (χ2v) is 7.77. The summed E-state index contributed by atoms with van der Waals surface area (Å²) in [5, 5.41) is 0.773. The molecule has 0 unspecified atom stereocenters. The molecule has 6 heteroatoms. The van der Waals surface area contributed by atoms with Crippen LogP contribution < -0.4 is 0 Å². The average Bonchev–Trinajstić information content (AvgIpc) is 3.28. The van der Waals surface area contributed by atoms with Gasteiger partial charge in [-0.25, -0.2) is 4.98 Å². The van der Waals surface area contributed by atoms with Crippen LogP contribution in [0.5, 0.6) is 0 Å². The molecule has 4 rings (SSSR count). The van der Waals surface area contributed by atoms with Crippen molar-refractivity contribution in [3.8, 4) is 0 Å². The lowest BCUT2D eigenvalue weighted by atomic mass is 10.1. The number of hydrogen-bond donors (Lipinski definition) is 0. The lowest BCUT2D eigenvalue weighted by Gasteiger charge is -2.16. The number of rotatable bonds is 6. The molecule has 27 heavy (non-hydrogen) atoms. The minimum Gasteiger partial charge on any atom is -0.458 e. The SMILES string of the molecule is O=C(OCc1nc2ccccc2s1)[C@@H]1CC(=O)N(CCc2ccccc2)C1. The fraction of sp³-hybridized carbons (Fsp3) is 0.286. The molecule has 0 bridgehead atoms. The lowest BCUT2D eigenvalue weighted by Crippen LogP contribution is -2.28. The van der Waals surface area contributed by atoms with Crippen molar-refractivity contribution < 1.29 is 14.3 Å². The molecule has 1 aromatic heterocycles. The topological polar surface area (TPSA) is 59.5 Å². The summed E-state index contributed by atoms with van der Waals surface area (Å²) in [6.45, 7) is 1.22. The Bertz CT molecular complexity index is 921. The summed E-state index contributed by atoms with van der Waals surface area (Å²) in [5.41, 5.74) is 2.10. The number of para-hydroxylation sites is 1. The number of esters is 1. The molecule has 2 heterocycles. The van der Waals surface area contributed by atoms with Crippen LogP contribution in [0.15, 0.2) is 54.6 Å². The van der Waals surface area contributed by atoms with Gasteiger partial charge in [0.1, 0.15) is 11.6 Å². The molecule has 0 saturated carbocycles. The Morgan fingerprint density at radius 1 is 1.15 bits per heavy atom. The Kier molecular flexibility index (Phi) is 5.16. The molecule has 1 atom stereocenters. The van der Waals surface area contributed by atoms with Gasteiger partial charge < -0.3 is 9.64 Å². The van der Waals surface area contributed by atoms with Gasteiger partial charge in [-0.15, -0.1) is 11.3 Å². The molecule has 1 aliphatic heterocycles. The summed E-state index contributed by atoms with van der Waals surface area (Å²) in [6.07, 6.45) is 1.02. The maximum Gasteiger partial charge on any atom is 0.311 e. The Labute approximate surface area is 161 Å². The second kappa shape index (κ2) is 7.88. The van der Waals surface area contributed by atoms with Crippen LogP contribution in [0.2, 0.25) is 0 Å². The van der Waals surface area contributed by atoms with Crippen molar-refractivity contribution in [2.75, 3.05) is 13.1 Å². The largest absolute Gasteiger partial charge is 0.458 e. The predicted octanol–water partition coefficient (Wildman–Crippen LogP) is 3.43. The van der Waals surface area contributed by atoms with E-state index in [4.69, 9.17) is 4.74 Å². The molecular weight excluding hydrogens is 360 g/mol. The van der Waals surface area contributed by atoms with E-state index in [-0.39, 0.29) is 30.8 Å². The van der Waals surface area contributed by atoms with Gasteiger partial charge in [-0.1, -0.05) is 42.5 Å². The second-order valence-electron chi connectivity index (χ2n) is 6.66. The van der Waals surface area contributed by atoms with Gasteiger partial charge in [0.05, 0.1) is 16.1 Å². The van der Waals surface area contributed by atoms with Crippen molar-refractivity contribution in [2.24, 2.45) is 5.92 Å². The first kappa shape index (κ1) is 17.7. The van der Waals surface area contributed by atoms with Gasteiger partial charge in [0.25, 0.3) is 0 Å². The molecule has 1 saturated heterocycles. The summed E-state index contributed by atoms with van der Waals surface area (Å²) in [7, 11) is 0. The zero-order chi connectivity index (χ0) is 18.6. The average molecular weight is 380 g/mol. The molecule has 3 aromatic rings. The van der Waals surface area contributed by atoms with Crippen molar-refractivity contribution >= 4 is 33.4 Å². The standard InChI is InChI=1S/C21H20N2O3S/c24-20-12-16(13-23(20)11-10-15-6-2-1-3-7-15)21(25)26-14-19-22-17-8-4-5-9-18(17)27-19/h1-9,16H,10-14H2/t16-/m1/s1. The van der Waals surface area contributed by atoms with E-state index in [1.165, 1.54) is 16.9 Å². The molecule has 0 spiro atoms. The number of nitrogens with zero attached hydrogens (tertiary/aromatic N) is 2. The van der Waals surface area contributed by atoms with E-state index in [2.05, 4.69) is 4.98 Å². The quantitative estimate of drug-likeness (QED) is 0.615. The van der Waals surface area contributed by atoms with Gasteiger partial charge in [0.2, 0.25) is 5.91 Å². The normalized spacial score (nSPS) is 16.8. The highest BCUT2D eigenvalue weighted by Gasteiger charge is 2.35. The van der Waals surface area contributed by atoms with E-state index >= 15 is 0 Å². The number of amides is 1. The van der Waals surface area contributed by atoms with Gasteiger partial charge in [-0.2, -0.15) is 0 Å². The van der Waals surface area contributed by atoms with Gasteiger partial charge in [0.15, 0.2) is 0 Å². The molecule has 0 N–H and O–H groups in total. The molecular formula is C21H20N2O3S. The van der Waals surface area contributed by atoms with Crippen molar-refractivity contribution in [1.82, 2.24) is 9.88 Å². The Balaban J connectivity index is 1.29. The van der Waals surface area contributed by atoms with Crippen molar-refractivity contribution in [2.45, 2.75) is 19.4 Å². The predicted molar refractivity (Wildman–Crippen MR) is 104 cm³/mol. The molecule has 1 aliphatic rings. The number of benzene rings is 2. The first-order valence-electron chi connectivity index (χ1n) is 9.02. The van der Waals surface area contributed by atoms with E-state index in [0.29, 0.717) is 13.1 Å². The highest BCUT2D eigenvalue weighted by molar-refractivity contribution is 7.18. The van der Waals surface area contributed by atoms with E-state index in [1.807, 2.05) is 54.6 Å². The van der Waals surface area contributed by atoms with Crippen molar-refractivity contribution in [1.29, 1.82) is 0 Å². The summed E-state index contributed by atoms with van der Waals surface area (Å²) < 4.78 is 6.51. The van der Waals surface area contributed by atoms with Crippen LogP contribution in [-0.2, 0) is 27.4 Å². The van der Waals surface area contributed by atoms with E-state index in [1.54, 1.807) is 4.90 Å². The van der Waals surface area contributed by atoms with Gasteiger partial charge in [-0.05, 0) is 24.1 Å². The third-order valence-electron chi connectivity index (χ3n) is 4.74. The zero-order valence-electron chi connectivity index (χ0n) is 14.8. The summed E-state index contributed by atoms with van der Waals surface area (Å²) in [6, 6.07) is 17.9. The molecule has 2 aromatic carbocycles. The van der Waals surface area contributed by atoms with E-state index in [0.717, 1.165) is 21.6 Å². The van der Waals surface area contributed by atoms with E-state index < -0.39 is 0 Å². The maximum absolute atomic E-state index is 12.4. The van der Waals surface area contributed by atoms with Crippen LogP contribution in [0.4, 0.5) is 0 Å². The van der Waals surface area contributed by atoms with Crippen LogP contribution in [-0.4, -0.2) is 34.8 Å². The van der Waals surface area contributed by atoms with Crippen LogP contribution in [0.3, 0.4) is 0 Å². The molecule has 0 radical (unpaired) electrons. The number of hydrogen-bond acceptors (Lipinski definition) is 5. The highest BCUT2D eigenvalue weighted by Crippen LogP contribution is 2.24. The first-order valence-corrected chi connectivity index (χ1v) is 9.83. The lowest BCUT2D eigenvalue weighted by molar-refractivity contribution is -0.149. The number of carbonyl (C=O) groups is 2. The third-order valence-corrected chi connectivity index (χ3v) is 5.75. The fourth-order valence-electron chi connectivity index (χ4n) is 3.29. The first-order chi connectivity index (χ1) is 13.2. The molecule has 0 aliphatic carbocycles. The number of ether oxygens (including phenoxy) is 1. The Morgan fingerprint density at radius 2 is 1.93 bits per heavy atom. The number of fused-ring (bicyclic) bond motifs is 1. The zero-order valence-corrected chi connectivity index (χ0v) is 15.7. The fourth-order valence-corrected chi connectivity index (χ4v) is 4.17. The Morgan fingerprint density at radius 3 is 2.74 bits per heavy atom. The number of likely N-dealkylation sites (tertiary alicyclic amines) is 1. The van der Waals surface area contributed by atoms with Gasteiger partial charge in [-0.3, -0.25) is 9.59 Å². The maximum atomic E-state index is 12.4. The minimum atomic E-state index is -0.386. The minimum absolute atomic E-state index is 0.0212. The number of thiazole rings is 1. The Hall–Kier alpha value is -2.73. The number of carbonyl (C=O) groups excluding carboxylic acids is 2. The smallest absolute Gasteiger partial charge is 0.311 e. The highest BCUT2D eigenvalue weighted by atomic mass is 32.1.